The van der Waals surface area contributed by atoms with E-state index in [4.69, 9.17) is 4.74 Å². The van der Waals surface area contributed by atoms with Crippen LogP contribution in [-0.4, -0.2) is 36.0 Å². The van der Waals surface area contributed by atoms with E-state index in [0.29, 0.717) is 31.7 Å². The molecule has 2 amide bonds. The van der Waals surface area contributed by atoms with Crippen molar-refractivity contribution in [1.82, 2.24) is 15.6 Å². The van der Waals surface area contributed by atoms with Gasteiger partial charge in [0.1, 0.15) is 11.2 Å². The van der Waals surface area contributed by atoms with Crippen molar-refractivity contribution in [3.8, 4) is 0 Å². The summed E-state index contributed by atoms with van der Waals surface area (Å²) >= 11 is 0. The lowest BCUT2D eigenvalue weighted by Gasteiger charge is -2.36. The molecule has 1 fully saturated rings. The molecule has 0 bridgehead atoms. The van der Waals surface area contributed by atoms with Gasteiger partial charge in [-0.15, -0.1) is 0 Å². The lowest BCUT2D eigenvalue weighted by atomic mass is 9.80. The fourth-order valence-electron chi connectivity index (χ4n) is 2.99. The molecule has 0 aliphatic heterocycles. The molecular weight excluding hydrogens is 282 g/mol. The molecule has 122 valence electrons. The number of H-pyrrole nitrogens is 1. The third-order valence-electron chi connectivity index (χ3n) is 4.12. The van der Waals surface area contributed by atoms with Gasteiger partial charge in [-0.25, -0.2) is 0 Å². The van der Waals surface area contributed by atoms with Crippen LogP contribution in [0.2, 0.25) is 0 Å². The maximum absolute atomic E-state index is 12.5. The molecule has 0 saturated heterocycles. The van der Waals surface area contributed by atoms with E-state index in [9.17, 15) is 9.59 Å². The van der Waals surface area contributed by atoms with E-state index < -0.39 is 5.54 Å². The van der Waals surface area contributed by atoms with E-state index in [1.54, 1.807) is 13.2 Å². The van der Waals surface area contributed by atoms with Crippen LogP contribution in [0.5, 0.6) is 0 Å². The van der Waals surface area contributed by atoms with Gasteiger partial charge in [-0.05, 0) is 31.9 Å². The molecule has 1 aliphatic carbocycles. The second-order valence-corrected chi connectivity index (χ2v) is 5.79. The van der Waals surface area contributed by atoms with Crippen LogP contribution in [0.15, 0.2) is 12.1 Å². The van der Waals surface area contributed by atoms with Crippen LogP contribution >= 0.6 is 0 Å². The van der Waals surface area contributed by atoms with Crippen LogP contribution in [-0.2, 0) is 16.1 Å². The fraction of sp³-hybridized carbons (Fsp3) is 0.625. The smallest absolute Gasteiger partial charge is 0.268 e. The Kier molecular flexibility index (Phi) is 5.60. The molecule has 3 N–H and O–H groups in total. The highest BCUT2D eigenvalue weighted by Gasteiger charge is 2.40. The molecule has 0 radical (unpaired) electrons. The summed E-state index contributed by atoms with van der Waals surface area (Å²) in [6, 6.07) is 3.54. The highest BCUT2D eigenvalue weighted by Crippen LogP contribution is 2.29. The Balaban J connectivity index is 2.11. The van der Waals surface area contributed by atoms with Crippen LogP contribution in [0, 0.1) is 0 Å². The molecule has 2 rings (SSSR count). The summed E-state index contributed by atoms with van der Waals surface area (Å²) in [6.07, 6.45) is 4.40. The van der Waals surface area contributed by atoms with Gasteiger partial charge in [0, 0.05) is 19.3 Å². The van der Waals surface area contributed by atoms with Gasteiger partial charge < -0.3 is 20.4 Å². The molecule has 6 nitrogen and oxygen atoms in total. The Hall–Kier alpha value is -1.82. The van der Waals surface area contributed by atoms with Crippen molar-refractivity contribution in [1.29, 1.82) is 0 Å². The minimum Gasteiger partial charge on any atom is -0.378 e. The van der Waals surface area contributed by atoms with Crippen LogP contribution in [0.25, 0.3) is 0 Å². The SMILES string of the molecule is CCNC(=O)C1(NC(=O)c2ccc(COC)[nH]2)CCCCC1. The summed E-state index contributed by atoms with van der Waals surface area (Å²) in [4.78, 5) is 27.9. The van der Waals surface area contributed by atoms with Crippen molar-refractivity contribution in [3.63, 3.8) is 0 Å². The Morgan fingerprint density at radius 1 is 1.27 bits per heavy atom. The van der Waals surface area contributed by atoms with Gasteiger partial charge >= 0.3 is 0 Å². The molecule has 22 heavy (non-hydrogen) atoms. The van der Waals surface area contributed by atoms with E-state index in [2.05, 4.69) is 15.6 Å². The van der Waals surface area contributed by atoms with E-state index in [1.165, 1.54) is 0 Å². The van der Waals surface area contributed by atoms with Gasteiger partial charge in [0.05, 0.1) is 6.61 Å². The standard InChI is InChI=1S/C16H25N3O3/c1-3-17-15(21)16(9-5-4-6-10-16)19-14(20)13-8-7-12(18-13)11-22-2/h7-8,18H,3-6,9-11H2,1-2H3,(H,17,21)(H,19,20). The lowest BCUT2D eigenvalue weighted by Crippen LogP contribution is -2.59. The average molecular weight is 307 g/mol. The summed E-state index contributed by atoms with van der Waals surface area (Å²) in [6.45, 7) is 2.88. The molecule has 1 aliphatic rings. The monoisotopic (exact) mass is 307 g/mol. The third-order valence-corrected chi connectivity index (χ3v) is 4.12. The van der Waals surface area contributed by atoms with Crippen molar-refractivity contribution in [3.05, 3.63) is 23.5 Å². The average Bonchev–Trinajstić information content (AvgIpc) is 2.97. The first kappa shape index (κ1) is 16.5. The zero-order valence-electron chi connectivity index (χ0n) is 13.3. The Bertz CT molecular complexity index is 518. The molecule has 1 saturated carbocycles. The quantitative estimate of drug-likeness (QED) is 0.748. The molecule has 1 aromatic rings. The summed E-state index contributed by atoms with van der Waals surface area (Å²) in [7, 11) is 1.60. The van der Waals surface area contributed by atoms with Crippen molar-refractivity contribution < 1.29 is 14.3 Å². The van der Waals surface area contributed by atoms with Gasteiger partial charge in [0.25, 0.3) is 5.91 Å². The Morgan fingerprint density at radius 2 is 2.00 bits per heavy atom. The molecular formula is C16H25N3O3. The minimum atomic E-state index is -0.780. The highest BCUT2D eigenvalue weighted by atomic mass is 16.5. The summed E-state index contributed by atoms with van der Waals surface area (Å²) in [5.74, 6) is -0.317. The number of nitrogens with one attached hydrogen (secondary N) is 3. The first-order valence-electron chi connectivity index (χ1n) is 7.89. The number of likely N-dealkylation sites (N-methyl/N-ethyl adjacent to an activating group) is 1. The van der Waals surface area contributed by atoms with E-state index >= 15 is 0 Å². The number of ether oxygens (including phenoxy) is 1. The number of amides is 2. The number of methoxy groups -OCH3 is 1. The zero-order chi connectivity index (χ0) is 16.0. The van der Waals surface area contributed by atoms with Gasteiger partial charge in [0.15, 0.2) is 0 Å². The van der Waals surface area contributed by atoms with Crippen LogP contribution in [0.1, 0.15) is 55.2 Å². The molecule has 0 unspecified atom stereocenters. The number of carbonyl (C=O) groups excluding carboxylic acids is 2. The number of hydrogen-bond acceptors (Lipinski definition) is 3. The van der Waals surface area contributed by atoms with Gasteiger partial charge in [-0.2, -0.15) is 0 Å². The van der Waals surface area contributed by atoms with Crippen LogP contribution in [0.3, 0.4) is 0 Å². The number of aromatic amines is 1. The second kappa shape index (κ2) is 7.45. The number of rotatable bonds is 6. The first-order valence-corrected chi connectivity index (χ1v) is 7.89. The van der Waals surface area contributed by atoms with Crippen molar-refractivity contribution >= 4 is 11.8 Å². The lowest BCUT2D eigenvalue weighted by molar-refractivity contribution is -0.128. The number of carbonyl (C=O) groups is 2. The molecule has 1 heterocycles. The zero-order valence-corrected chi connectivity index (χ0v) is 13.3. The number of hydrogen-bond donors (Lipinski definition) is 3. The van der Waals surface area contributed by atoms with Crippen molar-refractivity contribution in [2.24, 2.45) is 0 Å². The van der Waals surface area contributed by atoms with Gasteiger partial charge in [-0.3, -0.25) is 9.59 Å². The normalized spacial score (nSPS) is 17.0. The van der Waals surface area contributed by atoms with E-state index in [1.807, 2.05) is 13.0 Å². The maximum Gasteiger partial charge on any atom is 0.268 e. The fourth-order valence-corrected chi connectivity index (χ4v) is 2.99. The summed E-state index contributed by atoms with van der Waals surface area (Å²) in [5.41, 5.74) is 0.516. The van der Waals surface area contributed by atoms with Crippen LogP contribution in [0.4, 0.5) is 0 Å². The largest absolute Gasteiger partial charge is 0.378 e. The highest BCUT2D eigenvalue weighted by molar-refractivity contribution is 5.98. The molecule has 0 spiro atoms. The molecule has 0 aromatic carbocycles. The number of aromatic nitrogens is 1. The van der Waals surface area contributed by atoms with E-state index in [0.717, 1.165) is 25.0 Å². The van der Waals surface area contributed by atoms with Gasteiger partial charge in [0.2, 0.25) is 5.91 Å². The Labute approximate surface area is 131 Å². The van der Waals surface area contributed by atoms with Crippen LogP contribution < -0.4 is 10.6 Å². The van der Waals surface area contributed by atoms with Crippen molar-refractivity contribution in [2.75, 3.05) is 13.7 Å². The predicted octanol–water partition coefficient (Wildman–Crippen LogP) is 1.73. The van der Waals surface area contributed by atoms with Crippen molar-refractivity contribution in [2.45, 2.75) is 51.2 Å². The topological polar surface area (TPSA) is 83.2 Å². The Morgan fingerprint density at radius 3 is 2.64 bits per heavy atom. The summed E-state index contributed by atoms with van der Waals surface area (Å²) in [5, 5.41) is 5.82. The van der Waals surface area contributed by atoms with E-state index in [-0.39, 0.29) is 11.8 Å². The second-order valence-electron chi connectivity index (χ2n) is 5.79. The molecule has 6 heteroatoms. The summed E-state index contributed by atoms with van der Waals surface area (Å²) < 4.78 is 5.03. The molecule has 1 aromatic heterocycles. The molecule has 0 atom stereocenters. The third kappa shape index (κ3) is 3.68. The first-order chi connectivity index (χ1) is 10.6. The van der Waals surface area contributed by atoms with Gasteiger partial charge in [-0.1, -0.05) is 19.3 Å². The predicted molar refractivity (Wildman–Crippen MR) is 83.5 cm³/mol. The minimum absolute atomic E-state index is 0.0771. The maximum atomic E-state index is 12.5.